The van der Waals surface area contributed by atoms with Crippen LogP contribution in [0.4, 0.5) is 5.69 Å². The summed E-state index contributed by atoms with van der Waals surface area (Å²) in [4.78, 5) is 30.9. The van der Waals surface area contributed by atoms with Gasteiger partial charge in [-0.2, -0.15) is 0 Å². The molecule has 0 fully saturated rings. The molecule has 0 aliphatic carbocycles. The highest BCUT2D eigenvalue weighted by atomic mass is 35.5. The second-order valence-electron chi connectivity index (χ2n) is 9.42. The molecule has 0 unspecified atom stereocenters. The van der Waals surface area contributed by atoms with Crippen molar-refractivity contribution in [2.24, 2.45) is 0 Å². The van der Waals surface area contributed by atoms with E-state index in [-0.39, 0.29) is 25.0 Å². The fourth-order valence-electron chi connectivity index (χ4n) is 4.90. The smallest absolute Gasteiger partial charge is 0.260 e. The van der Waals surface area contributed by atoms with Gasteiger partial charge in [-0.25, -0.2) is 0 Å². The standard InChI is InChI=1S/C31H29Cl2N3O3/c1-2-3-17-34(30(38)21-39-25-15-13-23(32)14-16-25)20-29(37)36-27-11-5-4-10-26(27)35-18-7-12-28(35)31(36)22-8-6-9-24(33)19-22/h4-16,18-19,31H,2-3,17,20-21H2,1H3/t31-/m0/s1. The number of aromatic nitrogens is 1. The van der Waals surface area contributed by atoms with Crippen molar-refractivity contribution in [3.05, 3.63) is 112 Å². The van der Waals surface area contributed by atoms with Crippen molar-refractivity contribution in [3.8, 4) is 11.4 Å². The Bertz CT molecular complexity index is 1470. The Morgan fingerprint density at radius 2 is 1.67 bits per heavy atom. The predicted octanol–water partition coefficient (Wildman–Crippen LogP) is 6.93. The first-order valence-electron chi connectivity index (χ1n) is 13.0. The summed E-state index contributed by atoms with van der Waals surface area (Å²) in [6, 6.07) is 25.8. The van der Waals surface area contributed by atoms with Gasteiger partial charge >= 0.3 is 0 Å². The van der Waals surface area contributed by atoms with E-state index in [4.69, 9.17) is 27.9 Å². The zero-order valence-corrected chi connectivity index (χ0v) is 23.1. The van der Waals surface area contributed by atoms with Gasteiger partial charge in [0.15, 0.2) is 6.61 Å². The fourth-order valence-corrected chi connectivity index (χ4v) is 5.23. The van der Waals surface area contributed by atoms with Gasteiger partial charge in [-0.1, -0.05) is 60.8 Å². The van der Waals surface area contributed by atoms with Gasteiger partial charge in [0, 0.05) is 22.8 Å². The van der Waals surface area contributed by atoms with Gasteiger partial charge in [-0.3, -0.25) is 14.5 Å². The molecular weight excluding hydrogens is 533 g/mol. The van der Waals surface area contributed by atoms with Crippen LogP contribution < -0.4 is 9.64 Å². The first-order chi connectivity index (χ1) is 19.0. The minimum Gasteiger partial charge on any atom is -0.484 e. The lowest BCUT2D eigenvalue weighted by Crippen LogP contribution is -2.48. The average Bonchev–Trinajstić information content (AvgIpc) is 3.44. The number of para-hydroxylation sites is 2. The highest BCUT2D eigenvalue weighted by Gasteiger charge is 2.37. The molecule has 6 nitrogen and oxygen atoms in total. The topological polar surface area (TPSA) is 54.8 Å². The highest BCUT2D eigenvalue weighted by Crippen LogP contribution is 2.42. The van der Waals surface area contributed by atoms with Crippen LogP contribution in [0.25, 0.3) is 5.69 Å². The third kappa shape index (κ3) is 5.82. The third-order valence-electron chi connectivity index (χ3n) is 6.79. The van der Waals surface area contributed by atoms with Crippen molar-refractivity contribution in [3.63, 3.8) is 0 Å². The van der Waals surface area contributed by atoms with Crippen LogP contribution in [-0.2, 0) is 9.59 Å². The maximum Gasteiger partial charge on any atom is 0.260 e. The maximum absolute atomic E-state index is 14.2. The van der Waals surface area contributed by atoms with Gasteiger partial charge in [0.1, 0.15) is 18.3 Å². The third-order valence-corrected chi connectivity index (χ3v) is 7.28. The molecule has 3 aromatic carbocycles. The van der Waals surface area contributed by atoms with Crippen molar-refractivity contribution >= 4 is 40.7 Å². The molecule has 0 bridgehead atoms. The van der Waals surface area contributed by atoms with E-state index >= 15 is 0 Å². The molecule has 0 saturated heterocycles. The SMILES string of the molecule is CCCCN(CC(=O)N1c2ccccc2-n2cccc2[C@@H]1c1cccc(Cl)c1)C(=O)COc1ccc(Cl)cc1. The number of rotatable bonds is 9. The number of ether oxygens (including phenoxy) is 1. The van der Waals surface area contributed by atoms with Crippen LogP contribution in [0.3, 0.4) is 0 Å². The van der Waals surface area contributed by atoms with Crippen LogP contribution in [0.2, 0.25) is 10.0 Å². The van der Waals surface area contributed by atoms with E-state index in [2.05, 4.69) is 11.5 Å². The second kappa shape index (κ2) is 12.0. The van der Waals surface area contributed by atoms with Crippen molar-refractivity contribution in [2.75, 3.05) is 24.6 Å². The molecule has 2 heterocycles. The molecule has 200 valence electrons. The summed E-state index contributed by atoms with van der Waals surface area (Å²) in [6.07, 6.45) is 3.66. The first-order valence-corrected chi connectivity index (χ1v) is 13.7. The molecule has 5 rings (SSSR count). The molecule has 2 amide bonds. The van der Waals surface area contributed by atoms with Crippen molar-refractivity contribution in [1.82, 2.24) is 9.47 Å². The summed E-state index contributed by atoms with van der Waals surface area (Å²) in [6.45, 7) is 2.27. The lowest BCUT2D eigenvalue weighted by molar-refractivity contribution is -0.137. The van der Waals surface area contributed by atoms with Gasteiger partial charge < -0.3 is 14.2 Å². The Labute approximate surface area is 238 Å². The van der Waals surface area contributed by atoms with Gasteiger partial charge in [0.25, 0.3) is 5.91 Å². The molecule has 4 aromatic rings. The molecule has 1 aliphatic rings. The van der Waals surface area contributed by atoms with E-state index in [1.807, 2.05) is 66.9 Å². The summed E-state index contributed by atoms with van der Waals surface area (Å²) in [5.74, 6) is 0.108. The van der Waals surface area contributed by atoms with E-state index < -0.39 is 6.04 Å². The summed E-state index contributed by atoms with van der Waals surface area (Å²) in [5.41, 5.74) is 3.52. The van der Waals surface area contributed by atoms with Gasteiger partial charge in [-0.15, -0.1) is 0 Å². The van der Waals surface area contributed by atoms with E-state index in [0.29, 0.717) is 22.3 Å². The lowest BCUT2D eigenvalue weighted by Gasteiger charge is -2.39. The zero-order chi connectivity index (χ0) is 27.4. The Hall–Kier alpha value is -3.74. The number of carbonyl (C=O) groups is 2. The highest BCUT2D eigenvalue weighted by molar-refractivity contribution is 6.30. The van der Waals surface area contributed by atoms with Crippen LogP contribution in [-0.4, -0.2) is 41.0 Å². The number of anilines is 1. The van der Waals surface area contributed by atoms with Crippen molar-refractivity contribution in [1.29, 1.82) is 0 Å². The normalized spacial score (nSPS) is 13.9. The maximum atomic E-state index is 14.2. The number of hydrogen-bond donors (Lipinski definition) is 0. The molecule has 0 radical (unpaired) electrons. The molecule has 0 N–H and O–H groups in total. The monoisotopic (exact) mass is 561 g/mol. The number of fused-ring (bicyclic) bond motifs is 3. The number of unbranched alkanes of at least 4 members (excludes halogenated alkanes) is 1. The van der Waals surface area contributed by atoms with E-state index in [9.17, 15) is 9.59 Å². The summed E-state index contributed by atoms with van der Waals surface area (Å²) < 4.78 is 7.82. The Kier molecular flexibility index (Phi) is 8.24. The molecule has 1 aliphatic heterocycles. The average molecular weight is 562 g/mol. The fraction of sp³-hybridized carbons (Fsp3) is 0.226. The van der Waals surface area contributed by atoms with Crippen molar-refractivity contribution in [2.45, 2.75) is 25.8 Å². The summed E-state index contributed by atoms with van der Waals surface area (Å²) in [5, 5.41) is 1.18. The first kappa shape index (κ1) is 26.9. The summed E-state index contributed by atoms with van der Waals surface area (Å²) >= 11 is 12.3. The minimum atomic E-state index is -0.408. The molecule has 8 heteroatoms. The summed E-state index contributed by atoms with van der Waals surface area (Å²) in [7, 11) is 0. The second-order valence-corrected chi connectivity index (χ2v) is 10.3. The molecular formula is C31H29Cl2N3O3. The number of hydrogen-bond acceptors (Lipinski definition) is 3. The van der Waals surface area contributed by atoms with Crippen LogP contribution in [0.1, 0.15) is 37.1 Å². The zero-order valence-electron chi connectivity index (χ0n) is 21.6. The number of amides is 2. The molecule has 0 saturated carbocycles. The van der Waals surface area contributed by atoms with Crippen LogP contribution in [0.5, 0.6) is 5.75 Å². The van der Waals surface area contributed by atoms with Gasteiger partial charge in [-0.05, 0) is 72.6 Å². The molecule has 0 spiro atoms. The Balaban J connectivity index is 1.45. The minimum absolute atomic E-state index is 0.0745. The molecule has 39 heavy (non-hydrogen) atoms. The van der Waals surface area contributed by atoms with E-state index in [1.165, 1.54) is 0 Å². The van der Waals surface area contributed by atoms with Gasteiger partial charge in [0.2, 0.25) is 5.91 Å². The van der Waals surface area contributed by atoms with Crippen LogP contribution >= 0.6 is 23.2 Å². The number of benzene rings is 3. The van der Waals surface area contributed by atoms with E-state index in [0.717, 1.165) is 35.5 Å². The van der Waals surface area contributed by atoms with Crippen LogP contribution in [0.15, 0.2) is 91.1 Å². The Morgan fingerprint density at radius 3 is 2.41 bits per heavy atom. The Morgan fingerprint density at radius 1 is 0.897 bits per heavy atom. The number of nitrogens with zero attached hydrogens (tertiary/aromatic N) is 3. The molecule has 1 atom stereocenters. The predicted molar refractivity (Wildman–Crippen MR) is 155 cm³/mol. The lowest BCUT2D eigenvalue weighted by atomic mass is 9.97. The number of halogens is 2. The van der Waals surface area contributed by atoms with Crippen LogP contribution in [0, 0.1) is 0 Å². The molecule has 1 aromatic heterocycles. The van der Waals surface area contributed by atoms with Crippen molar-refractivity contribution < 1.29 is 14.3 Å². The van der Waals surface area contributed by atoms with E-state index in [1.54, 1.807) is 34.1 Å². The quantitative estimate of drug-likeness (QED) is 0.222. The largest absolute Gasteiger partial charge is 0.484 e. The number of carbonyl (C=O) groups excluding carboxylic acids is 2. The van der Waals surface area contributed by atoms with Gasteiger partial charge in [0.05, 0.1) is 17.1 Å².